The van der Waals surface area contributed by atoms with Gasteiger partial charge in [-0.15, -0.1) is 0 Å². The number of hydrogen-bond donors (Lipinski definition) is 1. The summed E-state index contributed by atoms with van der Waals surface area (Å²) >= 11 is 0. The van der Waals surface area contributed by atoms with E-state index in [0.29, 0.717) is 17.9 Å². The molecule has 0 bridgehead atoms. The summed E-state index contributed by atoms with van der Waals surface area (Å²) in [6, 6.07) is 16.4. The molecule has 1 N–H and O–H groups in total. The Hall–Kier alpha value is -2.48. The number of benzene rings is 2. The second-order valence-electron chi connectivity index (χ2n) is 5.32. The molecule has 0 aliphatic rings. The molecule has 0 fully saturated rings. The molecule has 0 heterocycles. The molecule has 0 saturated carbocycles. The van der Waals surface area contributed by atoms with E-state index in [4.69, 9.17) is 4.74 Å². The van der Waals surface area contributed by atoms with Crippen molar-refractivity contribution < 1.29 is 44.5 Å². The van der Waals surface area contributed by atoms with Crippen LogP contribution in [0.4, 0.5) is 0 Å². The van der Waals surface area contributed by atoms with Gasteiger partial charge in [-0.05, 0) is 43.7 Å². The first-order valence-electron chi connectivity index (χ1n) is 7.91. The van der Waals surface area contributed by atoms with Crippen molar-refractivity contribution >= 4 is 17.5 Å². The zero-order valence-electron chi connectivity index (χ0n) is 16.2. The summed E-state index contributed by atoms with van der Waals surface area (Å²) in [4.78, 5) is 23.3. The molecule has 0 spiro atoms. The third-order valence-corrected chi connectivity index (χ3v) is 3.53. The number of ether oxygens (including phenoxy) is 2. The van der Waals surface area contributed by atoms with E-state index in [-0.39, 0.29) is 38.2 Å². The summed E-state index contributed by atoms with van der Waals surface area (Å²) in [7, 11) is 0. The minimum Gasteiger partial charge on any atom is -1.00 e. The fraction of sp³-hybridized carbons (Fsp3) is 0.200. The molecule has 132 valence electrons. The van der Waals surface area contributed by atoms with Crippen LogP contribution in [0.1, 0.15) is 26.4 Å². The smallest absolute Gasteiger partial charge is 1.00 e. The minimum absolute atomic E-state index is 0. The molecular weight excluding hydrogens is 327 g/mol. The number of carbonyl (C=O) groups is 2. The summed E-state index contributed by atoms with van der Waals surface area (Å²) < 4.78 is 10.3. The number of rotatable bonds is 7. The van der Waals surface area contributed by atoms with Gasteiger partial charge in [0.15, 0.2) is 0 Å². The summed E-state index contributed by atoms with van der Waals surface area (Å²) in [5.74, 6) is -1.46. The molecule has 6 heteroatoms. The van der Waals surface area contributed by atoms with Crippen molar-refractivity contribution in [2.45, 2.75) is 20.5 Å². The van der Waals surface area contributed by atoms with Crippen LogP contribution in [0.25, 0.3) is 5.76 Å². The standard InChI is InChI=1S/C20H20O5.Li.H/c1-3-24-20(23)19(22)14(2)18(21)16-9-11-17(12-10-16)25-13-15-7-5-4-6-8-15;;/h4-12,21H,3,13H2,1-2H3;;/q;+1;-1. The van der Waals surface area contributed by atoms with E-state index >= 15 is 0 Å². The molecule has 0 saturated heterocycles. The topological polar surface area (TPSA) is 72.8 Å². The molecule has 0 aliphatic carbocycles. The Kier molecular flexibility index (Phi) is 8.70. The predicted octanol–water partition coefficient (Wildman–Crippen LogP) is 0.803. The van der Waals surface area contributed by atoms with Crippen molar-refractivity contribution in [1.82, 2.24) is 0 Å². The number of ketones is 1. The van der Waals surface area contributed by atoms with Crippen molar-refractivity contribution in [2.24, 2.45) is 0 Å². The van der Waals surface area contributed by atoms with Crippen LogP contribution in [0.3, 0.4) is 0 Å². The molecule has 2 aromatic carbocycles. The van der Waals surface area contributed by atoms with E-state index in [1.807, 2.05) is 30.3 Å². The first-order chi connectivity index (χ1) is 12.0. The van der Waals surface area contributed by atoms with Gasteiger partial charge in [0.25, 0.3) is 5.78 Å². The third kappa shape index (κ3) is 5.80. The van der Waals surface area contributed by atoms with Crippen molar-refractivity contribution in [3.8, 4) is 5.75 Å². The maximum atomic E-state index is 11.9. The van der Waals surface area contributed by atoms with E-state index in [1.54, 1.807) is 31.2 Å². The Morgan fingerprint density at radius 1 is 1.04 bits per heavy atom. The van der Waals surface area contributed by atoms with Gasteiger partial charge in [-0.3, -0.25) is 4.79 Å². The van der Waals surface area contributed by atoms with Gasteiger partial charge in [0.05, 0.1) is 6.61 Å². The van der Waals surface area contributed by atoms with Crippen LogP contribution in [0, 0.1) is 0 Å². The zero-order valence-corrected chi connectivity index (χ0v) is 15.2. The van der Waals surface area contributed by atoms with Crippen LogP contribution in [0.5, 0.6) is 5.75 Å². The Balaban J connectivity index is 0.00000338. The van der Waals surface area contributed by atoms with Crippen LogP contribution in [0.2, 0.25) is 0 Å². The number of carbonyl (C=O) groups excluding carboxylic acids is 2. The van der Waals surface area contributed by atoms with Crippen molar-refractivity contribution in [1.29, 1.82) is 0 Å². The Bertz CT molecular complexity index is 773. The second kappa shape index (κ2) is 10.5. The number of aliphatic hydroxyl groups excluding tert-OH is 1. The van der Waals surface area contributed by atoms with E-state index in [0.717, 1.165) is 5.56 Å². The number of hydrogen-bond acceptors (Lipinski definition) is 5. The van der Waals surface area contributed by atoms with Crippen LogP contribution in [0.15, 0.2) is 60.2 Å². The molecule has 0 aromatic heterocycles. The summed E-state index contributed by atoms with van der Waals surface area (Å²) in [5.41, 5.74) is 1.41. The fourth-order valence-corrected chi connectivity index (χ4v) is 2.12. The van der Waals surface area contributed by atoms with Crippen LogP contribution >= 0.6 is 0 Å². The van der Waals surface area contributed by atoms with Crippen LogP contribution in [-0.4, -0.2) is 23.5 Å². The largest absolute Gasteiger partial charge is 1.00 e. The summed E-state index contributed by atoms with van der Waals surface area (Å²) in [6.45, 7) is 3.53. The average Bonchev–Trinajstić information content (AvgIpc) is 2.66. The third-order valence-electron chi connectivity index (χ3n) is 3.53. The Morgan fingerprint density at radius 2 is 1.65 bits per heavy atom. The molecule has 2 rings (SSSR count). The van der Waals surface area contributed by atoms with E-state index in [2.05, 4.69) is 4.74 Å². The predicted molar refractivity (Wildman–Crippen MR) is 95.2 cm³/mol. The average molecular weight is 348 g/mol. The van der Waals surface area contributed by atoms with E-state index in [9.17, 15) is 14.7 Å². The van der Waals surface area contributed by atoms with E-state index in [1.165, 1.54) is 6.92 Å². The monoisotopic (exact) mass is 348 g/mol. The number of esters is 1. The molecule has 0 atom stereocenters. The summed E-state index contributed by atoms with van der Waals surface area (Å²) in [6.07, 6.45) is 0. The maximum Gasteiger partial charge on any atom is 1.00 e. The van der Waals surface area contributed by atoms with Gasteiger partial charge in [-0.1, -0.05) is 30.3 Å². The van der Waals surface area contributed by atoms with Gasteiger partial charge < -0.3 is 16.0 Å². The van der Waals surface area contributed by atoms with Gasteiger partial charge in [0.2, 0.25) is 0 Å². The maximum absolute atomic E-state index is 11.9. The zero-order chi connectivity index (χ0) is 18.2. The molecule has 0 aliphatic heterocycles. The van der Waals surface area contributed by atoms with Gasteiger partial charge in [0.1, 0.15) is 18.1 Å². The Labute approximate surface area is 166 Å². The van der Waals surface area contributed by atoms with Crippen molar-refractivity contribution in [3.63, 3.8) is 0 Å². The number of Topliss-reactive ketones (excluding diaryl/α,β-unsaturated/α-hetero) is 1. The molecule has 0 radical (unpaired) electrons. The fourth-order valence-electron chi connectivity index (χ4n) is 2.12. The van der Waals surface area contributed by atoms with Gasteiger partial charge in [-0.2, -0.15) is 0 Å². The molecule has 5 nitrogen and oxygen atoms in total. The number of aliphatic hydroxyl groups is 1. The SMILES string of the molecule is CCOC(=O)C(=O)C(C)=C(O)c1ccc(OCc2ccccc2)cc1.[H-].[Li+]. The van der Waals surface area contributed by atoms with Gasteiger partial charge in [0, 0.05) is 11.1 Å². The first kappa shape index (κ1) is 21.6. The van der Waals surface area contributed by atoms with Crippen LogP contribution in [-0.2, 0) is 20.9 Å². The van der Waals surface area contributed by atoms with Gasteiger partial charge >= 0.3 is 24.8 Å². The molecule has 2 aromatic rings. The summed E-state index contributed by atoms with van der Waals surface area (Å²) in [5, 5.41) is 10.2. The quantitative estimate of drug-likeness (QED) is 0.263. The van der Waals surface area contributed by atoms with Crippen molar-refractivity contribution in [2.75, 3.05) is 6.61 Å². The molecule has 26 heavy (non-hydrogen) atoms. The van der Waals surface area contributed by atoms with Gasteiger partial charge in [-0.25, -0.2) is 4.79 Å². The van der Waals surface area contributed by atoms with Crippen LogP contribution < -0.4 is 23.6 Å². The second-order valence-corrected chi connectivity index (χ2v) is 5.32. The normalized spacial score (nSPS) is 11.0. The molecule has 0 amide bonds. The Morgan fingerprint density at radius 3 is 2.23 bits per heavy atom. The first-order valence-corrected chi connectivity index (χ1v) is 7.91. The molecular formula is C20H21LiO5. The van der Waals surface area contributed by atoms with E-state index < -0.39 is 11.8 Å². The molecule has 0 unspecified atom stereocenters. The minimum atomic E-state index is -0.977. The van der Waals surface area contributed by atoms with Crippen molar-refractivity contribution in [3.05, 3.63) is 71.3 Å².